The zero-order valence-corrected chi connectivity index (χ0v) is 14.5. The summed E-state index contributed by atoms with van der Waals surface area (Å²) in [5.41, 5.74) is 2.44. The molecule has 0 amide bonds. The molecular formula is C20H25N3O2. The first-order chi connectivity index (χ1) is 12.4. The van der Waals surface area contributed by atoms with Crippen LogP contribution >= 0.6 is 0 Å². The first-order valence-corrected chi connectivity index (χ1v) is 9.13. The third-order valence-corrected chi connectivity index (χ3v) is 5.18. The van der Waals surface area contributed by atoms with Crippen LogP contribution in [0.2, 0.25) is 0 Å². The minimum atomic E-state index is 0.221. The van der Waals surface area contributed by atoms with Gasteiger partial charge in [-0.3, -0.25) is 14.9 Å². The Bertz CT molecular complexity index is 653. The number of ether oxygens (including phenoxy) is 2. The molecule has 25 heavy (non-hydrogen) atoms. The van der Waals surface area contributed by atoms with Gasteiger partial charge in [0.05, 0.1) is 25.4 Å². The normalized spacial score (nSPS) is 26.5. The minimum Gasteiger partial charge on any atom is -0.374 e. The molecule has 2 saturated heterocycles. The zero-order chi connectivity index (χ0) is 16.9. The van der Waals surface area contributed by atoms with Crippen molar-refractivity contribution < 1.29 is 9.47 Å². The van der Waals surface area contributed by atoms with Gasteiger partial charge in [0.25, 0.3) is 0 Å². The van der Waals surface area contributed by atoms with Crippen LogP contribution in [0.25, 0.3) is 0 Å². The number of likely N-dealkylation sites (tertiary alicyclic amines) is 1. The van der Waals surface area contributed by atoms with E-state index < -0.39 is 0 Å². The van der Waals surface area contributed by atoms with E-state index in [0.717, 1.165) is 31.5 Å². The summed E-state index contributed by atoms with van der Waals surface area (Å²) in [6.07, 6.45) is 11.3. The molecular weight excluding hydrogens is 314 g/mol. The predicted octanol–water partition coefficient (Wildman–Crippen LogP) is 2.82. The molecule has 2 aliphatic rings. The fourth-order valence-corrected chi connectivity index (χ4v) is 3.92. The third kappa shape index (κ3) is 4.24. The molecule has 3 atom stereocenters. The van der Waals surface area contributed by atoms with Crippen molar-refractivity contribution in [1.29, 1.82) is 0 Å². The van der Waals surface area contributed by atoms with Crippen LogP contribution in [-0.4, -0.2) is 46.3 Å². The van der Waals surface area contributed by atoms with Crippen molar-refractivity contribution in [3.05, 3.63) is 60.2 Å². The summed E-state index contributed by atoms with van der Waals surface area (Å²) in [6, 6.07) is 8.73. The standard InChI is InChI=1S/C20H25N3O2/c1-2-17(12-22-8-1)14-24-15-18-3-4-19-20(25-18)7-11-23(19)13-16-5-9-21-10-6-16/h1-2,5-6,8-10,12,18-20H,3-4,7,11,13-15H2/t18?,19-,20-/m0/s1. The van der Waals surface area contributed by atoms with Gasteiger partial charge < -0.3 is 9.47 Å². The molecule has 0 saturated carbocycles. The van der Waals surface area contributed by atoms with E-state index in [1.807, 2.05) is 30.7 Å². The molecule has 0 aromatic carbocycles. The number of hydrogen-bond acceptors (Lipinski definition) is 5. The van der Waals surface area contributed by atoms with Crippen molar-refractivity contribution in [2.45, 2.75) is 50.7 Å². The van der Waals surface area contributed by atoms with Gasteiger partial charge in [-0.1, -0.05) is 6.07 Å². The summed E-state index contributed by atoms with van der Waals surface area (Å²) in [5.74, 6) is 0. The van der Waals surface area contributed by atoms with Crippen LogP contribution in [0.1, 0.15) is 30.4 Å². The lowest BCUT2D eigenvalue weighted by Gasteiger charge is -2.36. The summed E-state index contributed by atoms with van der Waals surface area (Å²) in [7, 11) is 0. The van der Waals surface area contributed by atoms with Crippen LogP contribution in [-0.2, 0) is 22.6 Å². The lowest BCUT2D eigenvalue weighted by Crippen LogP contribution is -2.43. The summed E-state index contributed by atoms with van der Waals surface area (Å²) < 4.78 is 12.2. The Kier molecular flexibility index (Phi) is 5.35. The quantitative estimate of drug-likeness (QED) is 0.810. The molecule has 0 spiro atoms. The second kappa shape index (κ2) is 8.04. The molecule has 4 rings (SSSR count). The minimum absolute atomic E-state index is 0.221. The molecule has 0 bridgehead atoms. The molecule has 132 valence electrons. The van der Waals surface area contributed by atoms with Crippen molar-refractivity contribution in [3.63, 3.8) is 0 Å². The summed E-state index contributed by atoms with van der Waals surface area (Å²) in [4.78, 5) is 10.8. The van der Waals surface area contributed by atoms with Gasteiger partial charge in [-0.15, -0.1) is 0 Å². The number of pyridine rings is 2. The van der Waals surface area contributed by atoms with E-state index in [2.05, 4.69) is 27.0 Å². The van der Waals surface area contributed by atoms with Crippen LogP contribution in [0.15, 0.2) is 49.1 Å². The van der Waals surface area contributed by atoms with E-state index in [-0.39, 0.29) is 6.10 Å². The average molecular weight is 339 g/mol. The highest BCUT2D eigenvalue weighted by molar-refractivity contribution is 5.10. The number of rotatable bonds is 6. The van der Waals surface area contributed by atoms with E-state index in [4.69, 9.17) is 9.47 Å². The lowest BCUT2D eigenvalue weighted by molar-refractivity contribution is -0.102. The molecule has 2 aliphatic heterocycles. The number of aromatic nitrogens is 2. The lowest BCUT2D eigenvalue weighted by atomic mass is 9.99. The Morgan fingerprint density at radius 1 is 1.04 bits per heavy atom. The van der Waals surface area contributed by atoms with Gasteiger partial charge in [-0.2, -0.15) is 0 Å². The smallest absolute Gasteiger partial charge is 0.0813 e. The topological polar surface area (TPSA) is 47.5 Å². The van der Waals surface area contributed by atoms with Gasteiger partial charge in [0.15, 0.2) is 0 Å². The van der Waals surface area contributed by atoms with Crippen molar-refractivity contribution in [2.75, 3.05) is 13.2 Å². The van der Waals surface area contributed by atoms with E-state index in [1.165, 1.54) is 12.0 Å². The highest BCUT2D eigenvalue weighted by Gasteiger charge is 2.39. The summed E-state index contributed by atoms with van der Waals surface area (Å²) >= 11 is 0. The highest BCUT2D eigenvalue weighted by atomic mass is 16.5. The largest absolute Gasteiger partial charge is 0.374 e. The van der Waals surface area contributed by atoms with Gasteiger partial charge in [0.2, 0.25) is 0 Å². The van der Waals surface area contributed by atoms with Gasteiger partial charge in [-0.05, 0) is 48.6 Å². The maximum atomic E-state index is 6.32. The molecule has 5 nitrogen and oxygen atoms in total. The van der Waals surface area contributed by atoms with E-state index in [1.54, 1.807) is 6.20 Å². The highest BCUT2D eigenvalue weighted by Crippen LogP contribution is 2.32. The van der Waals surface area contributed by atoms with E-state index >= 15 is 0 Å². The maximum Gasteiger partial charge on any atom is 0.0813 e. The molecule has 2 aromatic heterocycles. The van der Waals surface area contributed by atoms with Crippen molar-refractivity contribution >= 4 is 0 Å². The Morgan fingerprint density at radius 3 is 2.80 bits per heavy atom. The van der Waals surface area contributed by atoms with Crippen molar-refractivity contribution in [1.82, 2.24) is 14.9 Å². The van der Waals surface area contributed by atoms with Crippen molar-refractivity contribution in [2.24, 2.45) is 0 Å². The number of hydrogen-bond donors (Lipinski definition) is 0. The first-order valence-electron chi connectivity index (χ1n) is 9.13. The number of fused-ring (bicyclic) bond motifs is 1. The summed E-state index contributed by atoms with van der Waals surface area (Å²) in [6.45, 7) is 3.38. The van der Waals surface area contributed by atoms with Crippen LogP contribution in [0.3, 0.4) is 0 Å². The summed E-state index contributed by atoms with van der Waals surface area (Å²) in [5, 5.41) is 0. The van der Waals surface area contributed by atoms with Gasteiger partial charge in [-0.25, -0.2) is 0 Å². The van der Waals surface area contributed by atoms with E-state index in [9.17, 15) is 0 Å². The zero-order valence-electron chi connectivity index (χ0n) is 14.5. The second-order valence-corrected chi connectivity index (χ2v) is 6.93. The monoisotopic (exact) mass is 339 g/mol. The fourth-order valence-electron chi connectivity index (χ4n) is 3.92. The molecule has 0 aliphatic carbocycles. The Balaban J connectivity index is 1.24. The fraction of sp³-hybridized carbons (Fsp3) is 0.500. The first kappa shape index (κ1) is 16.6. The third-order valence-electron chi connectivity index (χ3n) is 5.18. The predicted molar refractivity (Wildman–Crippen MR) is 94.8 cm³/mol. The van der Waals surface area contributed by atoms with Crippen LogP contribution < -0.4 is 0 Å². The van der Waals surface area contributed by atoms with Gasteiger partial charge in [0, 0.05) is 43.9 Å². The van der Waals surface area contributed by atoms with Gasteiger partial charge >= 0.3 is 0 Å². The Morgan fingerprint density at radius 2 is 1.96 bits per heavy atom. The average Bonchev–Trinajstić information content (AvgIpc) is 3.06. The van der Waals surface area contributed by atoms with Crippen LogP contribution in [0.5, 0.6) is 0 Å². The SMILES string of the molecule is c1cncc(COCC2CC[C@H]3[C@H](CCN3Cc3ccncc3)O2)c1. The molecule has 0 N–H and O–H groups in total. The molecule has 5 heteroatoms. The van der Waals surface area contributed by atoms with Crippen LogP contribution in [0.4, 0.5) is 0 Å². The van der Waals surface area contributed by atoms with Crippen LogP contribution in [0, 0.1) is 0 Å². The molecule has 4 heterocycles. The molecule has 1 unspecified atom stereocenters. The number of nitrogens with zero attached hydrogens (tertiary/aromatic N) is 3. The van der Waals surface area contributed by atoms with Gasteiger partial charge in [0.1, 0.15) is 0 Å². The molecule has 2 aromatic rings. The van der Waals surface area contributed by atoms with Crippen molar-refractivity contribution in [3.8, 4) is 0 Å². The maximum absolute atomic E-state index is 6.32. The Hall–Kier alpha value is -1.82. The Labute approximate surface area is 149 Å². The molecule has 0 radical (unpaired) electrons. The second-order valence-electron chi connectivity index (χ2n) is 6.93. The molecule has 2 fully saturated rings. The van der Waals surface area contributed by atoms with E-state index in [0.29, 0.717) is 25.4 Å².